The maximum Gasteiger partial charge on any atom is 0.241 e. The van der Waals surface area contributed by atoms with E-state index < -0.39 is 0 Å². The first-order valence-corrected chi connectivity index (χ1v) is 12.4. The highest BCUT2D eigenvalue weighted by Crippen LogP contribution is 2.61. The van der Waals surface area contributed by atoms with Crippen molar-refractivity contribution >= 4 is 23.4 Å². The van der Waals surface area contributed by atoms with E-state index in [-0.39, 0.29) is 35.6 Å². The fourth-order valence-electron chi connectivity index (χ4n) is 7.35. The topological polar surface area (TPSA) is 78.5 Å². The zero-order chi connectivity index (χ0) is 22.1. The van der Waals surface area contributed by atoms with Crippen LogP contribution in [0.1, 0.15) is 57.8 Å². The van der Waals surface area contributed by atoms with Gasteiger partial charge in [-0.2, -0.15) is 0 Å². The van der Waals surface area contributed by atoms with Crippen molar-refractivity contribution in [3.05, 3.63) is 30.3 Å². The quantitative estimate of drug-likeness (QED) is 0.714. The third kappa shape index (κ3) is 4.69. The molecule has 4 aliphatic carbocycles. The van der Waals surface area contributed by atoms with Crippen LogP contribution in [0.4, 0.5) is 5.69 Å². The highest BCUT2D eigenvalue weighted by atomic mass is 16.2. The van der Waals surface area contributed by atoms with Crippen LogP contribution in [-0.4, -0.2) is 42.3 Å². The molecule has 172 valence electrons. The Morgan fingerprint density at radius 1 is 0.906 bits per heavy atom. The van der Waals surface area contributed by atoms with Crippen molar-refractivity contribution in [2.24, 2.45) is 29.1 Å². The molecule has 32 heavy (non-hydrogen) atoms. The molecule has 5 aliphatic rings. The summed E-state index contributed by atoms with van der Waals surface area (Å²) < 4.78 is 0. The monoisotopic (exact) mass is 437 g/mol. The number of anilines is 1. The molecular formula is C26H35N3O3. The molecule has 5 fully saturated rings. The van der Waals surface area contributed by atoms with Gasteiger partial charge in [-0.05, 0) is 86.7 Å². The van der Waals surface area contributed by atoms with Crippen molar-refractivity contribution in [1.82, 2.24) is 10.2 Å². The first kappa shape index (κ1) is 21.5. The van der Waals surface area contributed by atoms with Gasteiger partial charge in [-0.15, -0.1) is 0 Å². The van der Waals surface area contributed by atoms with Crippen molar-refractivity contribution in [2.75, 3.05) is 25.0 Å². The average Bonchev–Trinajstić information content (AvgIpc) is 2.77. The van der Waals surface area contributed by atoms with Gasteiger partial charge in [0.1, 0.15) is 0 Å². The lowest BCUT2D eigenvalue weighted by Gasteiger charge is -2.56. The number of piperidine rings is 1. The van der Waals surface area contributed by atoms with Crippen LogP contribution in [0.5, 0.6) is 0 Å². The maximum absolute atomic E-state index is 12.7. The number of likely N-dealkylation sites (tertiary alicyclic amines) is 1. The van der Waals surface area contributed by atoms with Crippen LogP contribution in [0.2, 0.25) is 0 Å². The molecule has 1 heterocycles. The van der Waals surface area contributed by atoms with E-state index in [4.69, 9.17) is 0 Å². The molecular weight excluding hydrogens is 402 g/mol. The molecule has 1 aromatic rings. The van der Waals surface area contributed by atoms with Crippen molar-refractivity contribution < 1.29 is 14.4 Å². The van der Waals surface area contributed by atoms with E-state index in [0.717, 1.165) is 23.4 Å². The Kier molecular flexibility index (Phi) is 5.95. The Hall–Kier alpha value is -2.37. The second-order valence-electron chi connectivity index (χ2n) is 10.9. The number of carbonyl (C=O) groups is 3. The number of hydrogen-bond acceptors (Lipinski definition) is 3. The Labute approximate surface area is 190 Å². The third-order valence-electron chi connectivity index (χ3n) is 8.40. The molecule has 1 aliphatic heterocycles. The zero-order valence-corrected chi connectivity index (χ0v) is 18.9. The number of nitrogens with zero attached hydrogens (tertiary/aromatic N) is 1. The SMILES string of the molecule is O=C(CC12CC3CC(CC(C3)C1)C2)NCC(=O)N1CCC(C(=O)Nc2ccccc2)CC1. The van der Waals surface area contributed by atoms with Gasteiger partial charge in [0.2, 0.25) is 17.7 Å². The number of rotatable bonds is 6. The van der Waals surface area contributed by atoms with E-state index >= 15 is 0 Å². The Morgan fingerprint density at radius 2 is 1.50 bits per heavy atom. The Bertz CT molecular complexity index is 825. The minimum absolute atomic E-state index is 0.0205. The smallest absolute Gasteiger partial charge is 0.241 e. The first-order valence-electron chi connectivity index (χ1n) is 12.4. The molecule has 4 bridgehead atoms. The Balaban J connectivity index is 1.04. The maximum atomic E-state index is 12.7. The molecule has 0 unspecified atom stereocenters. The van der Waals surface area contributed by atoms with Crippen molar-refractivity contribution in [3.63, 3.8) is 0 Å². The van der Waals surface area contributed by atoms with Gasteiger partial charge in [0.15, 0.2) is 0 Å². The summed E-state index contributed by atoms with van der Waals surface area (Å²) in [5.74, 6) is 2.43. The van der Waals surface area contributed by atoms with E-state index in [2.05, 4.69) is 10.6 Å². The highest BCUT2D eigenvalue weighted by Gasteiger charge is 2.51. The van der Waals surface area contributed by atoms with Gasteiger partial charge in [-0.3, -0.25) is 14.4 Å². The number of benzene rings is 1. The van der Waals surface area contributed by atoms with E-state index in [9.17, 15) is 14.4 Å². The van der Waals surface area contributed by atoms with E-state index in [1.807, 2.05) is 30.3 Å². The molecule has 6 nitrogen and oxygen atoms in total. The number of para-hydroxylation sites is 1. The van der Waals surface area contributed by atoms with Crippen LogP contribution in [0.3, 0.4) is 0 Å². The largest absolute Gasteiger partial charge is 0.347 e. The predicted molar refractivity (Wildman–Crippen MR) is 123 cm³/mol. The van der Waals surface area contributed by atoms with Crippen LogP contribution in [0, 0.1) is 29.1 Å². The van der Waals surface area contributed by atoms with Crippen LogP contribution in [0.15, 0.2) is 30.3 Å². The lowest BCUT2D eigenvalue weighted by molar-refractivity contribution is -0.137. The zero-order valence-electron chi connectivity index (χ0n) is 18.9. The summed E-state index contributed by atoms with van der Waals surface area (Å²) in [5.41, 5.74) is 1.00. The van der Waals surface area contributed by atoms with Gasteiger partial charge in [0, 0.05) is 31.1 Å². The van der Waals surface area contributed by atoms with Crippen LogP contribution in [0.25, 0.3) is 0 Å². The minimum atomic E-state index is -0.0788. The van der Waals surface area contributed by atoms with E-state index in [1.165, 1.54) is 38.5 Å². The lowest BCUT2D eigenvalue weighted by atomic mass is 9.49. The van der Waals surface area contributed by atoms with Gasteiger partial charge in [-0.25, -0.2) is 0 Å². The summed E-state index contributed by atoms with van der Waals surface area (Å²) in [5, 5.41) is 5.87. The fourth-order valence-corrected chi connectivity index (χ4v) is 7.35. The molecule has 6 heteroatoms. The summed E-state index contributed by atoms with van der Waals surface area (Å²) in [6, 6.07) is 9.47. The van der Waals surface area contributed by atoms with Crippen molar-refractivity contribution in [1.29, 1.82) is 0 Å². The molecule has 2 N–H and O–H groups in total. The van der Waals surface area contributed by atoms with Crippen molar-refractivity contribution in [2.45, 2.75) is 57.8 Å². The van der Waals surface area contributed by atoms with E-state index in [1.54, 1.807) is 4.90 Å². The molecule has 0 aromatic heterocycles. The van der Waals surface area contributed by atoms with E-state index in [0.29, 0.717) is 32.4 Å². The molecule has 0 atom stereocenters. The summed E-state index contributed by atoms with van der Waals surface area (Å²) in [6.45, 7) is 1.21. The Morgan fingerprint density at radius 3 is 2.09 bits per heavy atom. The van der Waals surface area contributed by atoms with Gasteiger partial charge in [-0.1, -0.05) is 18.2 Å². The number of hydrogen-bond donors (Lipinski definition) is 2. The summed E-state index contributed by atoms with van der Waals surface area (Å²) in [4.78, 5) is 39.6. The molecule has 1 saturated heterocycles. The van der Waals surface area contributed by atoms with Gasteiger partial charge >= 0.3 is 0 Å². The van der Waals surface area contributed by atoms with Crippen LogP contribution in [-0.2, 0) is 14.4 Å². The summed E-state index contributed by atoms with van der Waals surface area (Å²) in [6.07, 6.45) is 9.65. The molecule has 3 amide bonds. The van der Waals surface area contributed by atoms with Crippen molar-refractivity contribution in [3.8, 4) is 0 Å². The molecule has 0 spiro atoms. The highest BCUT2D eigenvalue weighted by molar-refractivity contribution is 5.92. The number of amides is 3. The lowest BCUT2D eigenvalue weighted by Crippen LogP contribution is -2.49. The normalized spacial score (nSPS) is 31.4. The van der Waals surface area contributed by atoms with Crippen LogP contribution < -0.4 is 10.6 Å². The summed E-state index contributed by atoms with van der Waals surface area (Å²) in [7, 11) is 0. The standard InChI is InChI=1S/C26H35N3O3/c30-23(16-26-13-18-10-19(14-26)12-20(11-18)15-26)27-17-24(31)29-8-6-21(7-9-29)25(32)28-22-4-2-1-3-5-22/h1-5,18-21H,6-17H2,(H,27,30)(H,28,32). The second-order valence-corrected chi connectivity index (χ2v) is 10.9. The fraction of sp³-hybridized carbons (Fsp3) is 0.654. The average molecular weight is 438 g/mol. The molecule has 1 aromatic carbocycles. The van der Waals surface area contributed by atoms with Gasteiger partial charge < -0.3 is 15.5 Å². The van der Waals surface area contributed by atoms with Gasteiger partial charge in [0.05, 0.1) is 6.54 Å². The number of carbonyl (C=O) groups excluding carboxylic acids is 3. The first-order chi connectivity index (χ1) is 15.5. The second kappa shape index (κ2) is 8.87. The number of nitrogens with one attached hydrogen (secondary N) is 2. The van der Waals surface area contributed by atoms with Gasteiger partial charge in [0.25, 0.3) is 0 Å². The third-order valence-corrected chi connectivity index (χ3v) is 8.40. The molecule has 0 radical (unpaired) electrons. The molecule has 6 rings (SSSR count). The van der Waals surface area contributed by atoms with Crippen LogP contribution >= 0.6 is 0 Å². The molecule has 4 saturated carbocycles. The predicted octanol–water partition coefficient (Wildman–Crippen LogP) is 3.59. The summed E-state index contributed by atoms with van der Waals surface area (Å²) >= 11 is 0. The minimum Gasteiger partial charge on any atom is -0.347 e.